The molecule has 3 heterocycles. The fraction of sp³-hybridized carbons (Fsp3) is 0.708. The van der Waals surface area contributed by atoms with Crippen molar-refractivity contribution >= 4 is 29.9 Å². The number of morpholine rings is 2. The van der Waals surface area contributed by atoms with Gasteiger partial charge in [-0.2, -0.15) is 0 Å². The summed E-state index contributed by atoms with van der Waals surface area (Å²) in [6.45, 7) is 12.6. The van der Waals surface area contributed by atoms with Crippen molar-refractivity contribution in [3.05, 3.63) is 35.4 Å². The van der Waals surface area contributed by atoms with E-state index in [0.717, 1.165) is 84.5 Å². The van der Waals surface area contributed by atoms with Crippen molar-refractivity contribution < 1.29 is 14.2 Å². The van der Waals surface area contributed by atoms with E-state index in [9.17, 15) is 0 Å². The molecule has 3 unspecified atom stereocenters. The summed E-state index contributed by atoms with van der Waals surface area (Å²) in [5, 5.41) is 3.52. The quantitative estimate of drug-likeness (QED) is 0.330. The molecule has 3 aliphatic heterocycles. The molecule has 180 valence electrons. The predicted octanol–water partition coefficient (Wildman–Crippen LogP) is 2.83. The molecule has 0 aromatic heterocycles. The maximum atomic E-state index is 6.05. The highest BCUT2D eigenvalue weighted by Gasteiger charge is 2.32. The molecule has 0 saturated carbocycles. The van der Waals surface area contributed by atoms with E-state index in [1.54, 1.807) is 0 Å². The van der Waals surface area contributed by atoms with Crippen molar-refractivity contribution in [1.82, 2.24) is 15.1 Å². The van der Waals surface area contributed by atoms with Crippen molar-refractivity contribution in [2.24, 2.45) is 4.99 Å². The van der Waals surface area contributed by atoms with Gasteiger partial charge in [0.25, 0.3) is 0 Å². The summed E-state index contributed by atoms with van der Waals surface area (Å²) in [4.78, 5) is 10.00. The van der Waals surface area contributed by atoms with Crippen LogP contribution < -0.4 is 5.32 Å². The van der Waals surface area contributed by atoms with Crippen LogP contribution in [0.2, 0.25) is 0 Å². The van der Waals surface area contributed by atoms with Crippen molar-refractivity contribution in [2.45, 2.75) is 44.9 Å². The second-order valence-corrected chi connectivity index (χ2v) is 8.68. The zero-order valence-corrected chi connectivity index (χ0v) is 21.8. The Morgan fingerprint density at radius 3 is 2.66 bits per heavy atom. The topological polar surface area (TPSA) is 58.6 Å². The summed E-state index contributed by atoms with van der Waals surface area (Å²) in [5.41, 5.74) is 2.62. The van der Waals surface area contributed by atoms with Gasteiger partial charge in [0.05, 0.1) is 38.5 Å². The number of aryl methyl sites for hydroxylation is 1. The molecule has 0 amide bonds. The Labute approximate surface area is 209 Å². The Morgan fingerprint density at radius 1 is 1.12 bits per heavy atom. The molecule has 0 aliphatic carbocycles. The van der Waals surface area contributed by atoms with Crippen molar-refractivity contribution in [2.75, 3.05) is 65.7 Å². The lowest BCUT2D eigenvalue weighted by atomic mass is 10.0. The first kappa shape index (κ1) is 25.7. The normalized spacial score (nSPS) is 25.9. The summed E-state index contributed by atoms with van der Waals surface area (Å²) >= 11 is 0. The zero-order chi connectivity index (χ0) is 21.5. The molecule has 1 aromatic rings. The number of rotatable bonds is 6. The number of aliphatic imine (C=N–C) groups is 1. The number of halogens is 1. The van der Waals surface area contributed by atoms with Gasteiger partial charge in [0.2, 0.25) is 0 Å². The van der Waals surface area contributed by atoms with Crippen LogP contribution in [0.4, 0.5) is 0 Å². The van der Waals surface area contributed by atoms with Gasteiger partial charge in [0.15, 0.2) is 5.96 Å². The summed E-state index contributed by atoms with van der Waals surface area (Å²) in [6.07, 6.45) is 2.58. The Hall–Kier alpha value is -0.940. The van der Waals surface area contributed by atoms with Gasteiger partial charge in [-0.3, -0.25) is 9.89 Å². The molecule has 8 heteroatoms. The van der Waals surface area contributed by atoms with Gasteiger partial charge in [-0.05, 0) is 32.3 Å². The van der Waals surface area contributed by atoms with Crippen LogP contribution in [0.15, 0.2) is 29.3 Å². The van der Waals surface area contributed by atoms with Crippen molar-refractivity contribution in [3.8, 4) is 0 Å². The van der Waals surface area contributed by atoms with E-state index in [1.165, 1.54) is 11.1 Å². The molecule has 3 aliphatic rings. The average Bonchev–Trinajstić information content (AvgIpc) is 3.35. The number of benzene rings is 1. The lowest BCUT2D eigenvalue weighted by Gasteiger charge is -2.38. The summed E-state index contributed by atoms with van der Waals surface area (Å²) in [5.74, 6) is 0.986. The van der Waals surface area contributed by atoms with Crippen LogP contribution in [-0.2, 0) is 14.2 Å². The molecular weight excluding hydrogens is 519 g/mol. The van der Waals surface area contributed by atoms with Crippen LogP contribution in [0.1, 0.15) is 36.9 Å². The van der Waals surface area contributed by atoms with Gasteiger partial charge in [-0.1, -0.05) is 29.8 Å². The van der Waals surface area contributed by atoms with Gasteiger partial charge >= 0.3 is 0 Å². The number of nitrogens with zero attached hydrogens (tertiary/aromatic N) is 3. The minimum atomic E-state index is 0. The lowest BCUT2D eigenvalue weighted by Crippen LogP contribution is -2.53. The number of guanidine groups is 1. The summed E-state index contributed by atoms with van der Waals surface area (Å²) in [6, 6.07) is 9.10. The largest absolute Gasteiger partial charge is 0.379 e. The minimum Gasteiger partial charge on any atom is -0.379 e. The van der Waals surface area contributed by atoms with E-state index in [1.807, 2.05) is 0 Å². The standard InChI is InChI=1S/C24H38N4O3.HI/c1-3-25-24(28-11-15-31-23(18-28)22-8-5-12-30-22)26-17-21(27-9-13-29-14-10-27)20-7-4-6-19(2)16-20;/h4,6-7,16,21-23H,3,5,8-15,17-18H2,1-2H3,(H,25,26);1H. The second kappa shape index (κ2) is 13.1. The smallest absolute Gasteiger partial charge is 0.194 e. The van der Waals surface area contributed by atoms with E-state index < -0.39 is 0 Å². The van der Waals surface area contributed by atoms with E-state index in [0.29, 0.717) is 0 Å². The molecule has 1 aromatic carbocycles. The van der Waals surface area contributed by atoms with Crippen LogP contribution >= 0.6 is 24.0 Å². The monoisotopic (exact) mass is 558 g/mol. The Kier molecular flexibility index (Phi) is 10.5. The van der Waals surface area contributed by atoms with Gasteiger partial charge in [-0.15, -0.1) is 24.0 Å². The van der Waals surface area contributed by atoms with E-state index in [4.69, 9.17) is 19.2 Å². The Balaban J connectivity index is 0.00000289. The van der Waals surface area contributed by atoms with E-state index in [-0.39, 0.29) is 42.2 Å². The maximum absolute atomic E-state index is 6.05. The van der Waals surface area contributed by atoms with Gasteiger partial charge < -0.3 is 24.4 Å². The van der Waals surface area contributed by atoms with Gasteiger partial charge in [0.1, 0.15) is 6.10 Å². The molecule has 0 spiro atoms. The fourth-order valence-electron chi connectivity index (χ4n) is 4.79. The maximum Gasteiger partial charge on any atom is 0.194 e. The van der Waals surface area contributed by atoms with Crippen LogP contribution in [0.5, 0.6) is 0 Å². The zero-order valence-electron chi connectivity index (χ0n) is 19.5. The van der Waals surface area contributed by atoms with Crippen LogP contribution in [0.3, 0.4) is 0 Å². The highest BCUT2D eigenvalue weighted by Crippen LogP contribution is 2.24. The first-order valence-electron chi connectivity index (χ1n) is 11.9. The molecule has 3 saturated heterocycles. The van der Waals surface area contributed by atoms with E-state index >= 15 is 0 Å². The van der Waals surface area contributed by atoms with E-state index in [2.05, 4.69) is 53.2 Å². The van der Waals surface area contributed by atoms with Crippen molar-refractivity contribution in [1.29, 1.82) is 0 Å². The Bertz CT molecular complexity index is 723. The predicted molar refractivity (Wildman–Crippen MR) is 138 cm³/mol. The minimum absolute atomic E-state index is 0. The molecule has 3 atom stereocenters. The van der Waals surface area contributed by atoms with Crippen LogP contribution in [0, 0.1) is 6.92 Å². The fourth-order valence-corrected chi connectivity index (χ4v) is 4.79. The van der Waals surface area contributed by atoms with Crippen LogP contribution in [-0.4, -0.2) is 93.7 Å². The summed E-state index contributed by atoms with van der Waals surface area (Å²) in [7, 11) is 0. The third-order valence-corrected chi connectivity index (χ3v) is 6.43. The molecular formula is C24H39IN4O3. The highest BCUT2D eigenvalue weighted by molar-refractivity contribution is 14.0. The molecule has 7 nitrogen and oxygen atoms in total. The molecule has 3 fully saturated rings. The number of hydrogen-bond acceptors (Lipinski definition) is 5. The molecule has 0 radical (unpaired) electrons. The number of ether oxygens (including phenoxy) is 3. The lowest BCUT2D eigenvalue weighted by molar-refractivity contribution is -0.0817. The number of hydrogen-bond donors (Lipinski definition) is 1. The second-order valence-electron chi connectivity index (χ2n) is 8.68. The molecule has 4 rings (SSSR count). The average molecular weight is 559 g/mol. The van der Waals surface area contributed by atoms with Crippen LogP contribution in [0.25, 0.3) is 0 Å². The van der Waals surface area contributed by atoms with Gasteiger partial charge in [0, 0.05) is 39.3 Å². The Morgan fingerprint density at radius 2 is 1.94 bits per heavy atom. The first-order chi connectivity index (χ1) is 15.2. The first-order valence-corrected chi connectivity index (χ1v) is 11.9. The number of nitrogens with one attached hydrogen (secondary N) is 1. The van der Waals surface area contributed by atoms with Crippen molar-refractivity contribution in [3.63, 3.8) is 0 Å². The highest BCUT2D eigenvalue weighted by atomic mass is 127. The SMILES string of the molecule is CCNC(=NCC(c1cccc(C)c1)N1CCOCC1)N1CCOC(C2CCCO2)C1.I. The third kappa shape index (κ3) is 6.79. The van der Waals surface area contributed by atoms with Gasteiger partial charge in [-0.25, -0.2) is 0 Å². The summed E-state index contributed by atoms with van der Waals surface area (Å²) < 4.78 is 17.6. The molecule has 1 N–H and O–H groups in total. The molecule has 0 bridgehead atoms. The molecule has 32 heavy (non-hydrogen) atoms. The third-order valence-electron chi connectivity index (χ3n) is 6.43.